The van der Waals surface area contributed by atoms with E-state index in [0.29, 0.717) is 22.4 Å². The van der Waals surface area contributed by atoms with Gasteiger partial charge in [0, 0.05) is 6.20 Å². The lowest BCUT2D eigenvalue weighted by Crippen LogP contribution is -2.26. The van der Waals surface area contributed by atoms with Crippen LogP contribution in [0.4, 0.5) is 4.79 Å². The number of carbonyl (C=O) groups excluding carboxylic acids is 1. The van der Waals surface area contributed by atoms with Crippen molar-refractivity contribution in [2.45, 2.75) is 33.3 Å². The van der Waals surface area contributed by atoms with Crippen molar-refractivity contribution in [2.24, 2.45) is 4.40 Å². The lowest BCUT2D eigenvalue weighted by Gasteiger charge is -2.19. The van der Waals surface area contributed by atoms with E-state index in [9.17, 15) is 9.35 Å². The molecule has 1 unspecified atom stereocenters. The first-order valence-electron chi connectivity index (χ1n) is 6.78. The van der Waals surface area contributed by atoms with Gasteiger partial charge in [0.25, 0.3) is 0 Å². The summed E-state index contributed by atoms with van der Waals surface area (Å²) in [5, 5.41) is 0. The summed E-state index contributed by atoms with van der Waals surface area (Å²) in [6.45, 7) is 7.20. The molecule has 2 heterocycles. The van der Waals surface area contributed by atoms with Gasteiger partial charge in [-0.25, -0.2) is 9.78 Å². The maximum absolute atomic E-state index is 12.1. The van der Waals surface area contributed by atoms with Crippen molar-refractivity contribution in [3.05, 3.63) is 30.1 Å². The van der Waals surface area contributed by atoms with Crippen LogP contribution in [0.25, 0.3) is 11.0 Å². The Morgan fingerprint density at radius 2 is 2.05 bits per heavy atom. The Balaban J connectivity index is 2.37. The minimum absolute atomic E-state index is 0.447. The molecule has 22 heavy (non-hydrogen) atoms. The molecule has 0 aromatic carbocycles. The Kier molecular flexibility index (Phi) is 4.58. The van der Waals surface area contributed by atoms with Crippen LogP contribution in [0.3, 0.4) is 0 Å². The van der Waals surface area contributed by atoms with Gasteiger partial charge in [-0.1, -0.05) is 4.40 Å². The number of fused-ring (bicyclic) bond motifs is 1. The standard InChI is InChI=1S/C15H19N3O3S/c1-10(17-22(5)20)11-6-7-13-12(16-11)8-9-18(13)14(19)21-15(2,3)4/h6-9H,1-5H3. The highest BCUT2D eigenvalue weighted by atomic mass is 32.2. The molecule has 0 bridgehead atoms. The first kappa shape index (κ1) is 16.5. The fraction of sp³-hybridized carbons (Fsp3) is 0.400. The maximum atomic E-state index is 12.1. The number of hydrogen-bond donors (Lipinski definition) is 0. The molecule has 2 aromatic heterocycles. The summed E-state index contributed by atoms with van der Waals surface area (Å²) in [4.78, 5) is 16.6. The zero-order valence-electron chi connectivity index (χ0n) is 13.3. The van der Waals surface area contributed by atoms with Crippen molar-refractivity contribution in [3.63, 3.8) is 0 Å². The molecule has 0 amide bonds. The monoisotopic (exact) mass is 321 g/mol. The number of rotatable bonds is 2. The second kappa shape index (κ2) is 6.10. The largest absolute Gasteiger partial charge is 0.591 e. The van der Waals surface area contributed by atoms with Crippen molar-refractivity contribution in [3.8, 4) is 0 Å². The molecule has 2 rings (SSSR count). The second-order valence-electron chi connectivity index (χ2n) is 5.87. The molecule has 0 fully saturated rings. The van der Waals surface area contributed by atoms with Gasteiger partial charge in [-0.2, -0.15) is 0 Å². The number of hydrogen-bond acceptors (Lipinski definition) is 5. The van der Waals surface area contributed by atoms with Gasteiger partial charge in [0.15, 0.2) is 0 Å². The van der Waals surface area contributed by atoms with Crippen LogP contribution in [0.1, 0.15) is 33.4 Å². The molecule has 118 valence electrons. The highest BCUT2D eigenvalue weighted by Crippen LogP contribution is 2.17. The van der Waals surface area contributed by atoms with E-state index in [4.69, 9.17) is 4.74 Å². The fourth-order valence-electron chi connectivity index (χ4n) is 1.93. The minimum Gasteiger partial charge on any atom is -0.591 e. The average Bonchev–Trinajstić information content (AvgIpc) is 2.78. The summed E-state index contributed by atoms with van der Waals surface area (Å²) in [7, 11) is 0. The lowest BCUT2D eigenvalue weighted by atomic mass is 10.2. The molecule has 7 heteroatoms. The Morgan fingerprint density at radius 3 is 2.64 bits per heavy atom. The number of carbonyl (C=O) groups is 1. The van der Waals surface area contributed by atoms with E-state index in [2.05, 4.69) is 9.38 Å². The van der Waals surface area contributed by atoms with Crippen molar-refractivity contribution >= 4 is 34.2 Å². The smallest absolute Gasteiger partial charge is 0.419 e. The van der Waals surface area contributed by atoms with Gasteiger partial charge in [0.05, 0.1) is 28.1 Å². The highest BCUT2D eigenvalue weighted by Gasteiger charge is 2.19. The number of ether oxygens (including phenoxy) is 1. The second-order valence-corrected chi connectivity index (χ2v) is 6.90. The summed E-state index contributed by atoms with van der Waals surface area (Å²) in [6.07, 6.45) is 2.68. The summed E-state index contributed by atoms with van der Waals surface area (Å²) >= 11 is -1.27. The van der Waals surface area contributed by atoms with E-state index >= 15 is 0 Å². The molecule has 0 radical (unpaired) electrons. The maximum Gasteiger partial charge on any atom is 0.419 e. The third kappa shape index (κ3) is 3.86. The van der Waals surface area contributed by atoms with Gasteiger partial charge < -0.3 is 9.29 Å². The Hall–Kier alpha value is -1.86. The van der Waals surface area contributed by atoms with Gasteiger partial charge in [0.1, 0.15) is 17.6 Å². The van der Waals surface area contributed by atoms with Crippen LogP contribution in [0.15, 0.2) is 28.8 Å². The van der Waals surface area contributed by atoms with E-state index in [1.165, 1.54) is 10.8 Å². The third-order valence-corrected chi connectivity index (χ3v) is 3.30. The summed E-state index contributed by atoms with van der Waals surface area (Å²) in [5.74, 6) is 0. The van der Waals surface area contributed by atoms with Crippen LogP contribution in [-0.4, -0.2) is 37.8 Å². The molecular weight excluding hydrogens is 302 g/mol. The Labute approximate surface area is 132 Å². The molecule has 0 spiro atoms. The summed E-state index contributed by atoms with van der Waals surface area (Å²) in [5.41, 5.74) is 1.97. The molecule has 6 nitrogen and oxygen atoms in total. The molecule has 1 atom stereocenters. The van der Waals surface area contributed by atoms with Crippen LogP contribution < -0.4 is 0 Å². The predicted molar refractivity (Wildman–Crippen MR) is 87.6 cm³/mol. The third-order valence-electron chi connectivity index (χ3n) is 2.77. The number of nitrogens with zero attached hydrogens (tertiary/aromatic N) is 3. The Morgan fingerprint density at radius 1 is 1.36 bits per heavy atom. The topological polar surface area (TPSA) is 79.5 Å². The first-order valence-corrected chi connectivity index (χ1v) is 8.29. The molecule has 0 aliphatic carbocycles. The van der Waals surface area contributed by atoms with Crippen molar-refractivity contribution in [1.29, 1.82) is 0 Å². The molecule has 0 N–H and O–H groups in total. The Bertz CT molecular complexity index is 729. The number of aromatic nitrogens is 2. The van der Waals surface area contributed by atoms with E-state index in [1.54, 1.807) is 31.3 Å². The summed E-state index contributed by atoms with van der Waals surface area (Å²) in [6, 6.07) is 5.26. The minimum atomic E-state index is -1.27. The first-order chi connectivity index (χ1) is 10.2. The molecule has 0 aliphatic heterocycles. The lowest BCUT2D eigenvalue weighted by molar-refractivity contribution is 0.0544. The van der Waals surface area contributed by atoms with E-state index in [-0.39, 0.29) is 0 Å². The van der Waals surface area contributed by atoms with E-state index in [1.807, 2.05) is 20.8 Å². The SMILES string of the molecule is CC(=N[S+](C)[O-])c1ccc2c(ccn2C(=O)OC(C)(C)C)n1. The van der Waals surface area contributed by atoms with Gasteiger partial charge in [-0.05, 0) is 45.9 Å². The molecule has 0 saturated carbocycles. The van der Waals surface area contributed by atoms with Gasteiger partial charge in [-0.3, -0.25) is 4.57 Å². The van der Waals surface area contributed by atoms with Crippen molar-refractivity contribution in [1.82, 2.24) is 9.55 Å². The molecular formula is C15H19N3O3S. The predicted octanol–water partition coefficient (Wildman–Crippen LogP) is 2.92. The summed E-state index contributed by atoms with van der Waals surface area (Å²) < 4.78 is 21.9. The van der Waals surface area contributed by atoms with Crippen LogP contribution in [0.2, 0.25) is 0 Å². The highest BCUT2D eigenvalue weighted by molar-refractivity contribution is 7.89. The van der Waals surface area contributed by atoms with Crippen molar-refractivity contribution < 1.29 is 14.1 Å². The average molecular weight is 321 g/mol. The number of pyridine rings is 1. The molecule has 0 saturated heterocycles. The van der Waals surface area contributed by atoms with Gasteiger partial charge >= 0.3 is 6.09 Å². The van der Waals surface area contributed by atoms with Crippen LogP contribution in [0.5, 0.6) is 0 Å². The normalized spacial score (nSPS) is 14.2. The van der Waals surface area contributed by atoms with E-state index in [0.717, 1.165) is 0 Å². The van der Waals surface area contributed by atoms with Crippen LogP contribution in [0, 0.1) is 0 Å². The molecule has 0 aliphatic rings. The van der Waals surface area contributed by atoms with Crippen LogP contribution >= 0.6 is 0 Å². The van der Waals surface area contributed by atoms with Crippen LogP contribution in [-0.2, 0) is 16.1 Å². The van der Waals surface area contributed by atoms with E-state index < -0.39 is 23.1 Å². The zero-order chi connectivity index (χ0) is 16.5. The quantitative estimate of drug-likeness (QED) is 0.629. The van der Waals surface area contributed by atoms with Gasteiger partial charge in [0.2, 0.25) is 0 Å². The molecule has 2 aromatic rings. The zero-order valence-corrected chi connectivity index (χ0v) is 14.1. The van der Waals surface area contributed by atoms with Crippen molar-refractivity contribution in [2.75, 3.05) is 6.26 Å². The fourth-order valence-corrected chi connectivity index (χ4v) is 2.41. The van der Waals surface area contributed by atoms with Gasteiger partial charge in [-0.15, -0.1) is 0 Å².